The Morgan fingerprint density at radius 2 is 1.14 bits per heavy atom. The van der Waals surface area contributed by atoms with E-state index in [1.807, 2.05) is 0 Å². The Labute approximate surface area is 261 Å². The quantitative estimate of drug-likeness (QED) is 0.126. The molecule has 0 aromatic carbocycles. The number of allylic oxidation sites excluding steroid dienone is 2. The van der Waals surface area contributed by atoms with Crippen LogP contribution in [0.25, 0.3) is 23.8 Å². The molecule has 6 rings (SSSR count). The summed E-state index contributed by atoms with van der Waals surface area (Å²) in [4.78, 5) is 16.9. The molecule has 0 saturated heterocycles. The molecule has 0 amide bonds. The first-order chi connectivity index (χ1) is 21.7. The number of hydrogen-bond donors (Lipinski definition) is 4. The summed E-state index contributed by atoms with van der Waals surface area (Å²) in [6, 6.07) is 17.2. The second-order valence-corrected chi connectivity index (χ2v) is 12.6. The Bertz CT molecular complexity index is 1800. The highest BCUT2D eigenvalue weighted by atomic mass is 15.1. The standard InChI is InChI=1S/C39H49N5/c1-2-3-4-5-6-7-8-9-10-11-12-13-24-44-25-22-30(23-26-44)39-37-20-18-35(42-37)28-33-16-14-31(40-33)27-32-15-17-34(41-32)29-36-19-21-38(39)43-36/h14-23,25,27-29,40-43H,2-13,24,26H2,1H3. The van der Waals surface area contributed by atoms with Crippen LogP contribution in [0.3, 0.4) is 0 Å². The fourth-order valence-electron chi connectivity index (χ4n) is 6.48. The van der Waals surface area contributed by atoms with Crippen LogP contribution in [0.2, 0.25) is 0 Å². The molecular formula is C39H49N5. The van der Waals surface area contributed by atoms with E-state index in [9.17, 15) is 0 Å². The summed E-state index contributed by atoms with van der Waals surface area (Å²) in [5, 5.41) is 4.34. The smallest absolute Gasteiger partial charge is 0.0485 e. The third kappa shape index (κ3) is 8.07. The Morgan fingerprint density at radius 3 is 1.77 bits per heavy atom. The predicted molar refractivity (Wildman–Crippen MR) is 185 cm³/mol. The average molecular weight is 588 g/mol. The number of hydrogen-bond acceptors (Lipinski definition) is 1. The number of fused-ring (bicyclic) bond motifs is 8. The Hall–Kier alpha value is -4.12. The number of rotatable bonds is 14. The highest BCUT2D eigenvalue weighted by molar-refractivity contribution is 5.80. The van der Waals surface area contributed by atoms with Gasteiger partial charge in [0.25, 0.3) is 0 Å². The van der Waals surface area contributed by atoms with Crippen LogP contribution in [0, 0.1) is 0 Å². The van der Waals surface area contributed by atoms with Crippen molar-refractivity contribution in [3.8, 4) is 0 Å². The normalized spacial score (nSPS) is 14.2. The lowest BCUT2D eigenvalue weighted by Gasteiger charge is -2.23. The monoisotopic (exact) mass is 587 g/mol. The van der Waals surface area contributed by atoms with Gasteiger partial charge in [0.1, 0.15) is 0 Å². The van der Waals surface area contributed by atoms with Crippen molar-refractivity contribution >= 4 is 23.8 Å². The molecule has 0 radical (unpaired) electrons. The number of unbranched alkanes of at least 4 members (excludes halogenated alkanes) is 11. The molecule has 4 N–H and O–H groups in total. The van der Waals surface area contributed by atoms with Crippen molar-refractivity contribution in [3.63, 3.8) is 0 Å². The van der Waals surface area contributed by atoms with Crippen LogP contribution >= 0.6 is 0 Å². The number of nitrogens with zero attached hydrogens (tertiary/aromatic N) is 1. The topological polar surface area (TPSA) is 66.4 Å². The van der Waals surface area contributed by atoms with Gasteiger partial charge in [-0.25, -0.2) is 0 Å². The number of H-pyrrole nitrogens is 4. The molecule has 230 valence electrons. The molecule has 2 aliphatic heterocycles. The van der Waals surface area contributed by atoms with Crippen LogP contribution in [-0.4, -0.2) is 37.9 Å². The third-order valence-electron chi connectivity index (χ3n) is 8.95. The lowest BCUT2D eigenvalue weighted by atomic mass is 10.00. The van der Waals surface area contributed by atoms with E-state index in [0.717, 1.165) is 57.3 Å². The van der Waals surface area contributed by atoms with Crippen LogP contribution < -0.4 is 21.4 Å². The molecular weight excluding hydrogens is 538 g/mol. The van der Waals surface area contributed by atoms with Crippen molar-refractivity contribution in [2.45, 2.75) is 84.0 Å². The zero-order chi connectivity index (χ0) is 30.0. The van der Waals surface area contributed by atoms with Crippen LogP contribution in [0.4, 0.5) is 0 Å². The van der Waals surface area contributed by atoms with Crippen LogP contribution in [-0.2, 0) is 0 Å². The predicted octanol–water partition coefficient (Wildman–Crippen LogP) is 6.45. The number of aromatic amines is 4. The summed E-state index contributed by atoms with van der Waals surface area (Å²) in [7, 11) is 0. The van der Waals surface area contributed by atoms with Gasteiger partial charge in [-0.3, -0.25) is 0 Å². The van der Waals surface area contributed by atoms with Crippen LogP contribution in [0.1, 0.15) is 107 Å². The molecule has 6 heterocycles. The molecule has 4 aromatic rings. The van der Waals surface area contributed by atoms with Gasteiger partial charge in [0.2, 0.25) is 0 Å². The number of aromatic nitrogens is 4. The molecule has 0 fully saturated rings. The average Bonchev–Trinajstić information content (AvgIpc) is 3.85. The molecule has 0 unspecified atom stereocenters. The summed E-state index contributed by atoms with van der Waals surface area (Å²) >= 11 is 0. The zero-order valence-corrected chi connectivity index (χ0v) is 26.4. The summed E-state index contributed by atoms with van der Waals surface area (Å²) in [6.45, 7) is 4.37. The lowest BCUT2D eigenvalue weighted by Crippen LogP contribution is -2.22. The Morgan fingerprint density at radius 1 is 0.568 bits per heavy atom. The third-order valence-corrected chi connectivity index (χ3v) is 8.95. The maximum Gasteiger partial charge on any atom is 0.0485 e. The summed E-state index contributed by atoms with van der Waals surface area (Å²) < 4.78 is 0. The molecule has 0 aliphatic carbocycles. The molecule has 0 saturated carbocycles. The molecule has 4 aromatic heterocycles. The lowest BCUT2D eigenvalue weighted by molar-refractivity contribution is 0.391. The van der Waals surface area contributed by atoms with E-state index in [-0.39, 0.29) is 0 Å². The molecule has 5 heteroatoms. The fourth-order valence-corrected chi connectivity index (χ4v) is 6.48. The van der Waals surface area contributed by atoms with E-state index in [1.165, 1.54) is 88.2 Å². The molecule has 0 atom stereocenters. The van der Waals surface area contributed by atoms with Gasteiger partial charge in [-0.15, -0.1) is 0 Å². The van der Waals surface area contributed by atoms with E-state index in [4.69, 9.17) is 0 Å². The minimum absolute atomic E-state index is 0.944. The van der Waals surface area contributed by atoms with Gasteiger partial charge in [-0.05, 0) is 91.0 Å². The van der Waals surface area contributed by atoms with Gasteiger partial charge >= 0.3 is 0 Å². The Kier molecular flexibility index (Phi) is 10.2. The van der Waals surface area contributed by atoms with E-state index < -0.39 is 0 Å². The van der Waals surface area contributed by atoms with Crippen molar-refractivity contribution in [2.75, 3.05) is 13.1 Å². The van der Waals surface area contributed by atoms with E-state index in [0.29, 0.717) is 0 Å². The summed E-state index contributed by atoms with van der Waals surface area (Å²) in [5.74, 6) is 0. The molecule has 8 bridgehead atoms. The maximum atomic E-state index is 3.68. The highest BCUT2D eigenvalue weighted by Gasteiger charge is 2.14. The molecule has 44 heavy (non-hydrogen) atoms. The molecule has 2 aliphatic rings. The summed E-state index contributed by atoms with van der Waals surface area (Å²) in [6.07, 6.45) is 30.1. The maximum absolute atomic E-state index is 3.68. The van der Waals surface area contributed by atoms with E-state index in [2.05, 4.69) is 117 Å². The van der Waals surface area contributed by atoms with Crippen LogP contribution in [0.15, 0.2) is 72.5 Å². The van der Waals surface area contributed by atoms with Gasteiger partial charge in [0.15, 0.2) is 0 Å². The molecule has 5 nitrogen and oxygen atoms in total. The second-order valence-electron chi connectivity index (χ2n) is 12.6. The van der Waals surface area contributed by atoms with Crippen molar-refractivity contribution in [1.29, 1.82) is 0 Å². The summed E-state index contributed by atoms with van der Waals surface area (Å²) in [5.41, 5.74) is 6.78. The fraction of sp³-hybridized carbons (Fsp3) is 0.385. The first-order valence-electron chi connectivity index (χ1n) is 17.0. The number of nitrogens with one attached hydrogen (secondary N) is 4. The first kappa shape index (κ1) is 29.9. The van der Waals surface area contributed by atoms with Crippen molar-refractivity contribution < 1.29 is 0 Å². The van der Waals surface area contributed by atoms with Gasteiger partial charge in [-0.1, -0.05) is 83.6 Å². The van der Waals surface area contributed by atoms with E-state index >= 15 is 0 Å². The van der Waals surface area contributed by atoms with Crippen molar-refractivity contribution in [2.24, 2.45) is 0 Å². The minimum atomic E-state index is 0.944. The highest BCUT2D eigenvalue weighted by Crippen LogP contribution is 2.24. The van der Waals surface area contributed by atoms with Gasteiger partial charge in [0, 0.05) is 62.8 Å². The minimum Gasteiger partial charge on any atom is -0.374 e. The van der Waals surface area contributed by atoms with Crippen LogP contribution in [0.5, 0.6) is 0 Å². The second kappa shape index (κ2) is 15.1. The van der Waals surface area contributed by atoms with Gasteiger partial charge in [0.05, 0.1) is 0 Å². The Balaban J connectivity index is 1.10. The largest absolute Gasteiger partial charge is 0.374 e. The SMILES string of the molecule is CCCCCCCCCCCCCCN1C=CC(C2=c3ccc([nH]3)=Cc3ccc([nH]3)C=c3ccc([nH]3)=Cc3ccc2[nH]3)=CC1. The zero-order valence-electron chi connectivity index (χ0n) is 26.4. The van der Waals surface area contributed by atoms with Crippen molar-refractivity contribution in [3.05, 3.63) is 117 Å². The van der Waals surface area contributed by atoms with Gasteiger partial charge < -0.3 is 24.8 Å². The molecule has 0 spiro atoms. The van der Waals surface area contributed by atoms with Gasteiger partial charge in [-0.2, -0.15) is 0 Å². The van der Waals surface area contributed by atoms with Crippen molar-refractivity contribution in [1.82, 2.24) is 24.8 Å². The van der Waals surface area contributed by atoms with E-state index in [1.54, 1.807) is 0 Å². The first-order valence-corrected chi connectivity index (χ1v) is 17.0.